The van der Waals surface area contributed by atoms with E-state index in [1.807, 2.05) is 25.4 Å². The van der Waals surface area contributed by atoms with Crippen LogP contribution in [0.2, 0.25) is 0 Å². The summed E-state index contributed by atoms with van der Waals surface area (Å²) in [5, 5.41) is 3.10. The summed E-state index contributed by atoms with van der Waals surface area (Å²) in [6.45, 7) is 7.82. The van der Waals surface area contributed by atoms with Gasteiger partial charge in [0.15, 0.2) is 5.13 Å². The summed E-state index contributed by atoms with van der Waals surface area (Å²) in [5.41, 5.74) is 2.70. The molecule has 3 N–H and O–H groups in total. The van der Waals surface area contributed by atoms with E-state index in [1.54, 1.807) is 11.3 Å². The standard InChI is InChI=1S/C11H20N6S/c1-9(2)14-10(15-12)16-4-6-17(7-5-16)11-13-3-8-18-11/h3,8-9H,4-7,12H2,1-2H3,(H,14,15). The minimum Gasteiger partial charge on any atom is -0.345 e. The lowest BCUT2D eigenvalue weighted by molar-refractivity contribution is 0.371. The van der Waals surface area contributed by atoms with Gasteiger partial charge in [-0.3, -0.25) is 5.43 Å². The van der Waals surface area contributed by atoms with Crippen LogP contribution in [0.1, 0.15) is 13.8 Å². The largest absolute Gasteiger partial charge is 0.345 e. The Balaban J connectivity index is 1.93. The van der Waals surface area contributed by atoms with Gasteiger partial charge in [-0.2, -0.15) is 0 Å². The minimum atomic E-state index is 0.244. The molecule has 0 bridgehead atoms. The molecule has 2 heterocycles. The Hall–Kier alpha value is -1.34. The Morgan fingerprint density at radius 1 is 1.44 bits per heavy atom. The zero-order valence-corrected chi connectivity index (χ0v) is 11.7. The molecule has 0 radical (unpaired) electrons. The molecule has 0 saturated carbocycles. The summed E-state index contributed by atoms with van der Waals surface area (Å²) in [6.07, 6.45) is 1.85. The number of thiazole rings is 1. The van der Waals surface area contributed by atoms with Crippen LogP contribution in [-0.2, 0) is 0 Å². The van der Waals surface area contributed by atoms with Crippen LogP contribution in [0.3, 0.4) is 0 Å². The van der Waals surface area contributed by atoms with Crippen LogP contribution in [0, 0.1) is 0 Å². The Kier molecular flexibility index (Phi) is 4.38. The summed E-state index contributed by atoms with van der Waals surface area (Å²) in [4.78, 5) is 13.3. The molecule has 7 heteroatoms. The molecule has 100 valence electrons. The zero-order valence-electron chi connectivity index (χ0n) is 10.8. The van der Waals surface area contributed by atoms with Gasteiger partial charge >= 0.3 is 0 Å². The fraction of sp³-hybridized carbons (Fsp3) is 0.636. The normalized spacial score (nSPS) is 17.4. The van der Waals surface area contributed by atoms with Crippen molar-refractivity contribution in [3.8, 4) is 0 Å². The van der Waals surface area contributed by atoms with Crippen molar-refractivity contribution in [2.45, 2.75) is 19.9 Å². The van der Waals surface area contributed by atoms with E-state index in [0.29, 0.717) is 0 Å². The van der Waals surface area contributed by atoms with Crippen molar-refractivity contribution in [3.63, 3.8) is 0 Å². The fourth-order valence-corrected chi connectivity index (χ4v) is 2.63. The SMILES string of the molecule is CC(C)N=C(NN)N1CCN(c2nccs2)CC1. The number of guanidine groups is 1. The Morgan fingerprint density at radius 3 is 2.67 bits per heavy atom. The molecule has 1 saturated heterocycles. The number of rotatable bonds is 2. The van der Waals surface area contributed by atoms with Crippen LogP contribution in [-0.4, -0.2) is 48.1 Å². The molecular weight excluding hydrogens is 248 g/mol. The van der Waals surface area contributed by atoms with Gasteiger partial charge < -0.3 is 9.80 Å². The zero-order chi connectivity index (χ0) is 13.0. The third-order valence-electron chi connectivity index (χ3n) is 2.78. The lowest BCUT2D eigenvalue weighted by atomic mass is 10.3. The summed E-state index contributed by atoms with van der Waals surface area (Å²) in [5.74, 6) is 6.32. The number of aliphatic imine (C=N–C) groups is 1. The summed E-state index contributed by atoms with van der Waals surface area (Å²) in [6, 6.07) is 0.244. The van der Waals surface area contributed by atoms with E-state index in [4.69, 9.17) is 5.84 Å². The number of nitrogens with one attached hydrogen (secondary N) is 1. The monoisotopic (exact) mass is 268 g/mol. The second-order valence-corrected chi connectivity index (χ2v) is 5.35. The molecule has 0 unspecified atom stereocenters. The molecule has 6 nitrogen and oxygen atoms in total. The highest BCUT2D eigenvalue weighted by Gasteiger charge is 2.20. The maximum atomic E-state index is 5.53. The number of hydrogen-bond acceptors (Lipinski definition) is 5. The summed E-state index contributed by atoms with van der Waals surface area (Å²) < 4.78 is 0. The molecular formula is C11H20N6S. The highest BCUT2D eigenvalue weighted by molar-refractivity contribution is 7.13. The number of hydrazine groups is 1. The first-order valence-electron chi connectivity index (χ1n) is 6.14. The third kappa shape index (κ3) is 3.11. The molecule has 2 rings (SSSR count). The van der Waals surface area contributed by atoms with E-state index in [2.05, 4.69) is 25.2 Å². The molecule has 1 aliphatic heterocycles. The van der Waals surface area contributed by atoms with Crippen LogP contribution in [0.4, 0.5) is 5.13 Å². The second kappa shape index (κ2) is 6.01. The topological polar surface area (TPSA) is 69.8 Å². The minimum absolute atomic E-state index is 0.244. The quantitative estimate of drug-likeness (QED) is 0.354. The highest BCUT2D eigenvalue weighted by Crippen LogP contribution is 2.18. The van der Waals surface area contributed by atoms with Crippen molar-refractivity contribution < 1.29 is 0 Å². The summed E-state index contributed by atoms with van der Waals surface area (Å²) in [7, 11) is 0. The Labute approximate surface area is 111 Å². The van der Waals surface area contributed by atoms with E-state index in [1.165, 1.54) is 0 Å². The van der Waals surface area contributed by atoms with Crippen molar-refractivity contribution in [2.75, 3.05) is 31.1 Å². The van der Waals surface area contributed by atoms with Crippen molar-refractivity contribution in [3.05, 3.63) is 11.6 Å². The van der Waals surface area contributed by atoms with Crippen LogP contribution < -0.4 is 16.2 Å². The molecule has 0 amide bonds. The van der Waals surface area contributed by atoms with Gasteiger partial charge in [0.1, 0.15) is 0 Å². The fourth-order valence-electron chi connectivity index (χ4n) is 1.94. The number of nitrogens with two attached hydrogens (primary N) is 1. The van der Waals surface area contributed by atoms with E-state index in [-0.39, 0.29) is 6.04 Å². The number of piperazine rings is 1. The molecule has 1 aromatic rings. The third-order valence-corrected chi connectivity index (χ3v) is 3.61. The number of hydrogen-bond donors (Lipinski definition) is 2. The Morgan fingerprint density at radius 2 is 2.17 bits per heavy atom. The molecule has 1 aromatic heterocycles. The van der Waals surface area contributed by atoms with Gasteiger partial charge in [0.05, 0.1) is 0 Å². The average molecular weight is 268 g/mol. The van der Waals surface area contributed by atoms with Crippen LogP contribution in [0.25, 0.3) is 0 Å². The van der Waals surface area contributed by atoms with Gasteiger partial charge in [-0.05, 0) is 13.8 Å². The average Bonchev–Trinajstić information content (AvgIpc) is 2.90. The molecule has 18 heavy (non-hydrogen) atoms. The summed E-state index contributed by atoms with van der Waals surface area (Å²) >= 11 is 1.68. The maximum absolute atomic E-state index is 5.53. The maximum Gasteiger partial charge on any atom is 0.208 e. The second-order valence-electron chi connectivity index (χ2n) is 4.48. The van der Waals surface area contributed by atoms with Gasteiger partial charge in [-0.15, -0.1) is 11.3 Å². The first-order chi connectivity index (χ1) is 8.70. The van der Waals surface area contributed by atoms with E-state index >= 15 is 0 Å². The molecule has 0 atom stereocenters. The number of aromatic nitrogens is 1. The van der Waals surface area contributed by atoms with E-state index in [9.17, 15) is 0 Å². The predicted octanol–water partition coefficient (Wildman–Crippen LogP) is 0.493. The van der Waals surface area contributed by atoms with Gasteiger partial charge in [0, 0.05) is 43.8 Å². The molecule has 0 aromatic carbocycles. The predicted molar refractivity (Wildman–Crippen MR) is 75.8 cm³/mol. The van der Waals surface area contributed by atoms with Gasteiger partial charge in [-0.25, -0.2) is 15.8 Å². The smallest absolute Gasteiger partial charge is 0.208 e. The van der Waals surface area contributed by atoms with Crippen molar-refractivity contribution >= 4 is 22.4 Å². The highest BCUT2D eigenvalue weighted by atomic mass is 32.1. The molecule has 1 aliphatic rings. The lowest BCUT2D eigenvalue weighted by Gasteiger charge is -2.36. The molecule has 0 aliphatic carbocycles. The van der Waals surface area contributed by atoms with E-state index in [0.717, 1.165) is 37.3 Å². The van der Waals surface area contributed by atoms with Crippen LogP contribution >= 0.6 is 11.3 Å². The number of anilines is 1. The van der Waals surface area contributed by atoms with Gasteiger partial charge in [0.2, 0.25) is 5.96 Å². The lowest BCUT2D eigenvalue weighted by Crippen LogP contribution is -2.54. The Bertz CT molecular complexity index is 380. The van der Waals surface area contributed by atoms with Crippen molar-refractivity contribution in [2.24, 2.45) is 10.8 Å². The van der Waals surface area contributed by atoms with Crippen molar-refractivity contribution in [1.29, 1.82) is 0 Å². The van der Waals surface area contributed by atoms with Crippen LogP contribution in [0.5, 0.6) is 0 Å². The molecule has 0 spiro atoms. The van der Waals surface area contributed by atoms with Crippen LogP contribution in [0.15, 0.2) is 16.6 Å². The number of nitrogens with zero attached hydrogens (tertiary/aromatic N) is 4. The first-order valence-corrected chi connectivity index (χ1v) is 7.02. The first kappa shape index (κ1) is 13.1. The van der Waals surface area contributed by atoms with Crippen molar-refractivity contribution in [1.82, 2.24) is 15.3 Å². The van der Waals surface area contributed by atoms with E-state index < -0.39 is 0 Å². The molecule has 1 fully saturated rings. The van der Waals surface area contributed by atoms with Gasteiger partial charge in [-0.1, -0.05) is 0 Å². The van der Waals surface area contributed by atoms with Gasteiger partial charge in [0.25, 0.3) is 0 Å².